The first-order chi connectivity index (χ1) is 9.52. The molecule has 0 aliphatic heterocycles. The van der Waals surface area contributed by atoms with Gasteiger partial charge in [-0.3, -0.25) is 4.79 Å². The minimum absolute atomic E-state index is 0.00296. The Morgan fingerprint density at radius 2 is 2.00 bits per heavy atom. The monoisotopic (exact) mass is 297 g/mol. The molecule has 1 amide bonds. The summed E-state index contributed by atoms with van der Waals surface area (Å²) in [5, 5.41) is 9.73. The molecule has 1 aliphatic carbocycles. The SMILES string of the molecule is Cc1cc(OCC(=O)N(CCO)C2CC2)cc(C)c1Cl. The number of ether oxygens (including phenoxy) is 1. The van der Waals surface area contributed by atoms with Gasteiger partial charge in [0.05, 0.1) is 6.61 Å². The van der Waals surface area contributed by atoms with Crippen molar-refractivity contribution in [1.82, 2.24) is 4.90 Å². The van der Waals surface area contributed by atoms with Crippen LogP contribution in [0.5, 0.6) is 5.75 Å². The van der Waals surface area contributed by atoms with Gasteiger partial charge >= 0.3 is 0 Å². The van der Waals surface area contributed by atoms with Crippen molar-refractivity contribution in [2.75, 3.05) is 19.8 Å². The van der Waals surface area contributed by atoms with Crippen LogP contribution >= 0.6 is 11.6 Å². The van der Waals surface area contributed by atoms with Crippen LogP contribution in [0.2, 0.25) is 5.02 Å². The Balaban J connectivity index is 1.95. The molecule has 1 saturated carbocycles. The molecule has 110 valence electrons. The number of carbonyl (C=O) groups is 1. The molecule has 0 unspecified atom stereocenters. The number of nitrogens with zero attached hydrogens (tertiary/aromatic N) is 1. The number of hydrogen-bond donors (Lipinski definition) is 1. The number of benzene rings is 1. The number of carbonyl (C=O) groups excluding carboxylic acids is 1. The number of aryl methyl sites for hydroxylation is 2. The molecule has 0 heterocycles. The van der Waals surface area contributed by atoms with Crippen molar-refractivity contribution < 1.29 is 14.6 Å². The van der Waals surface area contributed by atoms with Crippen LogP contribution in [-0.4, -0.2) is 41.7 Å². The highest BCUT2D eigenvalue weighted by Gasteiger charge is 2.32. The van der Waals surface area contributed by atoms with E-state index in [4.69, 9.17) is 21.4 Å². The van der Waals surface area contributed by atoms with Crippen molar-refractivity contribution in [3.8, 4) is 5.75 Å². The first kappa shape index (κ1) is 15.1. The fraction of sp³-hybridized carbons (Fsp3) is 0.533. The van der Waals surface area contributed by atoms with E-state index in [1.165, 1.54) is 0 Å². The summed E-state index contributed by atoms with van der Waals surface area (Å²) in [6.45, 7) is 4.18. The third kappa shape index (κ3) is 3.64. The average molecular weight is 298 g/mol. The van der Waals surface area contributed by atoms with E-state index in [-0.39, 0.29) is 25.2 Å². The van der Waals surface area contributed by atoms with Crippen LogP contribution in [0.1, 0.15) is 24.0 Å². The van der Waals surface area contributed by atoms with E-state index in [2.05, 4.69) is 0 Å². The van der Waals surface area contributed by atoms with Crippen molar-refractivity contribution in [1.29, 1.82) is 0 Å². The van der Waals surface area contributed by atoms with E-state index >= 15 is 0 Å². The summed E-state index contributed by atoms with van der Waals surface area (Å²) in [7, 11) is 0. The summed E-state index contributed by atoms with van der Waals surface area (Å²) < 4.78 is 5.56. The fourth-order valence-corrected chi connectivity index (χ4v) is 2.33. The molecule has 5 heteroatoms. The molecule has 1 fully saturated rings. The van der Waals surface area contributed by atoms with Crippen LogP contribution in [-0.2, 0) is 4.79 Å². The summed E-state index contributed by atoms with van der Waals surface area (Å²) in [5.41, 5.74) is 1.87. The van der Waals surface area contributed by atoms with Gasteiger partial charge in [-0.05, 0) is 49.9 Å². The molecule has 20 heavy (non-hydrogen) atoms. The van der Waals surface area contributed by atoms with Gasteiger partial charge in [0.2, 0.25) is 0 Å². The topological polar surface area (TPSA) is 49.8 Å². The average Bonchev–Trinajstić information content (AvgIpc) is 3.23. The number of halogens is 1. The molecule has 0 radical (unpaired) electrons. The fourth-order valence-electron chi connectivity index (χ4n) is 2.22. The lowest BCUT2D eigenvalue weighted by atomic mass is 10.1. The van der Waals surface area contributed by atoms with Gasteiger partial charge in [-0.25, -0.2) is 0 Å². The van der Waals surface area contributed by atoms with Crippen LogP contribution in [0.4, 0.5) is 0 Å². The molecule has 4 nitrogen and oxygen atoms in total. The first-order valence-electron chi connectivity index (χ1n) is 6.82. The Kier molecular flexibility index (Phi) is 4.89. The van der Waals surface area contributed by atoms with E-state index in [1.807, 2.05) is 26.0 Å². The van der Waals surface area contributed by atoms with Gasteiger partial charge in [0.1, 0.15) is 5.75 Å². The molecule has 0 spiro atoms. The predicted molar refractivity (Wildman–Crippen MR) is 78.2 cm³/mol. The Morgan fingerprint density at radius 1 is 1.40 bits per heavy atom. The highest BCUT2D eigenvalue weighted by atomic mass is 35.5. The minimum Gasteiger partial charge on any atom is -0.484 e. The smallest absolute Gasteiger partial charge is 0.260 e. The Hall–Kier alpha value is -1.26. The van der Waals surface area contributed by atoms with Crippen molar-refractivity contribution in [3.63, 3.8) is 0 Å². The molecule has 0 saturated heterocycles. The van der Waals surface area contributed by atoms with Crippen LogP contribution in [0.15, 0.2) is 12.1 Å². The molecule has 0 atom stereocenters. The lowest BCUT2D eigenvalue weighted by Crippen LogP contribution is -2.38. The van der Waals surface area contributed by atoms with E-state index in [0.717, 1.165) is 29.0 Å². The van der Waals surface area contributed by atoms with Gasteiger partial charge in [0.25, 0.3) is 5.91 Å². The van der Waals surface area contributed by atoms with Gasteiger partial charge < -0.3 is 14.7 Å². The predicted octanol–water partition coefficient (Wildman–Crippen LogP) is 2.32. The van der Waals surface area contributed by atoms with Crippen LogP contribution < -0.4 is 4.74 Å². The number of aliphatic hydroxyl groups is 1. The third-order valence-corrected chi connectivity index (χ3v) is 4.02. The molecular weight excluding hydrogens is 278 g/mol. The van der Waals surface area contributed by atoms with Crippen LogP contribution in [0, 0.1) is 13.8 Å². The highest BCUT2D eigenvalue weighted by molar-refractivity contribution is 6.32. The van der Waals surface area contributed by atoms with Crippen molar-refractivity contribution >= 4 is 17.5 Å². The second-order valence-electron chi connectivity index (χ2n) is 5.20. The maximum atomic E-state index is 12.1. The normalized spacial score (nSPS) is 14.2. The summed E-state index contributed by atoms with van der Waals surface area (Å²) in [4.78, 5) is 13.8. The Labute approximate surface area is 124 Å². The highest BCUT2D eigenvalue weighted by Crippen LogP contribution is 2.28. The van der Waals surface area contributed by atoms with Gasteiger partial charge in [0, 0.05) is 17.6 Å². The lowest BCUT2D eigenvalue weighted by Gasteiger charge is -2.21. The largest absolute Gasteiger partial charge is 0.484 e. The molecule has 0 bridgehead atoms. The third-order valence-electron chi connectivity index (χ3n) is 3.42. The number of rotatable bonds is 6. The summed E-state index contributed by atoms with van der Waals surface area (Å²) in [6, 6.07) is 3.94. The van der Waals surface area contributed by atoms with Gasteiger partial charge in [-0.1, -0.05) is 11.6 Å². The number of amides is 1. The van der Waals surface area contributed by atoms with Gasteiger partial charge in [-0.2, -0.15) is 0 Å². The van der Waals surface area contributed by atoms with Crippen molar-refractivity contribution in [2.24, 2.45) is 0 Å². The number of aliphatic hydroxyl groups excluding tert-OH is 1. The lowest BCUT2D eigenvalue weighted by molar-refractivity contribution is -0.134. The maximum absolute atomic E-state index is 12.1. The summed E-state index contributed by atoms with van der Waals surface area (Å²) >= 11 is 6.10. The number of hydrogen-bond acceptors (Lipinski definition) is 3. The minimum atomic E-state index is -0.0770. The van der Waals surface area contributed by atoms with Crippen LogP contribution in [0.3, 0.4) is 0 Å². The maximum Gasteiger partial charge on any atom is 0.260 e. The Bertz CT molecular complexity index is 477. The zero-order valence-corrected chi connectivity index (χ0v) is 12.6. The zero-order chi connectivity index (χ0) is 14.7. The van der Waals surface area contributed by atoms with Crippen molar-refractivity contribution in [3.05, 3.63) is 28.3 Å². The van der Waals surface area contributed by atoms with E-state index in [1.54, 1.807) is 4.90 Å². The second-order valence-corrected chi connectivity index (χ2v) is 5.58. The quantitative estimate of drug-likeness (QED) is 0.877. The van der Waals surface area contributed by atoms with E-state index in [0.29, 0.717) is 12.3 Å². The van der Waals surface area contributed by atoms with Crippen LogP contribution in [0.25, 0.3) is 0 Å². The first-order valence-corrected chi connectivity index (χ1v) is 7.20. The van der Waals surface area contributed by atoms with E-state index < -0.39 is 0 Å². The molecule has 1 aliphatic rings. The zero-order valence-electron chi connectivity index (χ0n) is 11.9. The molecule has 1 N–H and O–H groups in total. The Morgan fingerprint density at radius 3 is 2.50 bits per heavy atom. The van der Waals surface area contributed by atoms with Crippen molar-refractivity contribution in [2.45, 2.75) is 32.7 Å². The van der Waals surface area contributed by atoms with Gasteiger partial charge in [0.15, 0.2) is 6.61 Å². The molecule has 0 aromatic heterocycles. The van der Waals surface area contributed by atoms with Gasteiger partial charge in [-0.15, -0.1) is 0 Å². The molecule has 1 aromatic carbocycles. The summed E-state index contributed by atoms with van der Waals surface area (Å²) in [5.74, 6) is 0.573. The standard InChI is InChI=1S/C15H20ClNO3/c1-10-7-13(8-11(2)15(10)16)20-9-14(19)17(5-6-18)12-3-4-12/h7-8,12,18H,3-6,9H2,1-2H3. The molecule has 2 rings (SSSR count). The molecular formula is C15H20ClNO3. The second kappa shape index (κ2) is 6.46. The molecule has 1 aromatic rings. The van der Waals surface area contributed by atoms with E-state index in [9.17, 15) is 4.79 Å². The summed E-state index contributed by atoms with van der Waals surface area (Å²) in [6.07, 6.45) is 2.04.